The molecule has 1 N–H and O–H groups in total. The van der Waals surface area contributed by atoms with Crippen LogP contribution in [0, 0.1) is 0 Å². The lowest BCUT2D eigenvalue weighted by atomic mass is 9.88. The molecule has 5 nitrogen and oxygen atoms in total. The van der Waals surface area contributed by atoms with E-state index in [9.17, 15) is 4.79 Å². The van der Waals surface area contributed by atoms with Crippen LogP contribution in [-0.2, 0) is 22.6 Å². The lowest BCUT2D eigenvalue weighted by Gasteiger charge is -2.48. The second kappa shape index (κ2) is 9.14. The fourth-order valence-corrected chi connectivity index (χ4v) is 5.07. The van der Waals surface area contributed by atoms with Crippen molar-refractivity contribution in [1.82, 2.24) is 15.1 Å². The van der Waals surface area contributed by atoms with Gasteiger partial charge in [-0.1, -0.05) is 29.8 Å². The zero-order valence-electron chi connectivity index (χ0n) is 16.8. The van der Waals surface area contributed by atoms with Gasteiger partial charge in [-0.15, -0.1) is 11.3 Å². The summed E-state index contributed by atoms with van der Waals surface area (Å²) < 4.78 is 6.44. The van der Waals surface area contributed by atoms with Crippen molar-refractivity contribution in [3.8, 4) is 0 Å². The Balaban J connectivity index is 1.31. The normalized spacial score (nSPS) is 22.6. The number of carbonyl (C=O) groups is 1. The number of hydrogen-bond acceptors (Lipinski definition) is 5. The summed E-state index contributed by atoms with van der Waals surface area (Å²) in [6.07, 6.45) is 1.48. The lowest BCUT2D eigenvalue weighted by Crippen LogP contribution is -2.61. The number of hydrogen-bond donors (Lipinski definition) is 1. The predicted octanol–water partition coefficient (Wildman–Crippen LogP) is 3.38. The van der Waals surface area contributed by atoms with Gasteiger partial charge in [-0.05, 0) is 49.0 Å². The zero-order valence-corrected chi connectivity index (χ0v) is 18.3. The SMILES string of the molecule is CN1CC(C(=O)NCc2cccs2)OC2(CCN(Cc3ccc(Cl)cc3)CC2)C1. The maximum atomic E-state index is 12.7. The fraction of sp³-hybridized carbons (Fsp3) is 0.500. The number of carbonyl (C=O) groups excluding carboxylic acids is 1. The molecule has 1 aromatic heterocycles. The Labute approximate surface area is 181 Å². The number of benzene rings is 1. The van der Waals surface area contributed by atoms with Crippen molar-refractivity contribution < 1.29 is 9.53 Å². The Bertz CT molecular complexity index is 804. The molecule has 4 rings (SSSR count). The summed E-state index contributed by atoms with van der Waals surface area (Å²) >= 11 is 7.65. The highest BCUT2D eigenvalue weighted by molar-refractivity contribution is 7.09. The van der Waals surface area contributed by atoms with Gasteiger partial charge in [0.25, 0.3) is 5.91 Å². The first-order valence-corrected chi connectivity index (χ1v) is 11.4. The molecule has 2 aliphatic rings. The highest BCUT2D eigenvalue weighted by Gasteiger charge is 2.43. The van der Waals surface area contributed by atoms with Crippen LogP contribution in [-0.4, -0.2) is 60.6 Å². The van der Waals surface area contributed by atoms with Crippen molar-refractivity contribution in [2.75, 3.05) is 33.2 Å². The molecule has 1 amide bonds. The maximum absolute atomic E-state index is 12.7. The highest BCUT2D eigenvalue weighted by Crippen LogP contribution is 2.32. The molecule has 1 spiro atoms. The number of rotatable bonds is 5. The zero-order chi connectivity index (χ0) is 20.3. The number of nitrogens with one attached hydrogen (secondary N) is 1. The van der Waals surface area contributed by atoms with Crippen LogP contribution in [0.1, 0.15) is 23.3 Å². The first-order chi connectivity index (χ1) is 14.0. The van der Waals surface area contributed by atoms with Crippen molar-refractivity contribution >= 4 is 28.8 Å². The van der Waals surface area contributed by atoms with Crippen LogP contribution >= 0.6 is 22.9 Å². The van der Waals surface area contributed by atoms with E-state index in [2.05, 4.69) is 34.3 Å². The molecule has 2 aliphatic heterocycles. The van der Waals surface area contributed by atoms with E-state index in [0.717, 1.165) is 48.9 Å². The van der Waals surface area contributed by atoms with Crippen LogP contribution in [0.2, 0.25) is 5.02 Å². The van der Waals surface area contributed by atoms with E-state index in [-0.39, 0.29) is 11.5 Å². The molecular formula is C22H28ClN3O2S. The van der Waals surface area contributed by atoms with Crippen LogP contribution in [0.25, 0.3) is 0 Å². The van der Waals surface area contributed by atoms with Crippen LogP contribution in [0.15, 0.2) is 41.8 Å². The van der Waals surface area contributed by atoms with E-state index in [1.807, 2.05) is 29.6 Å². The molecule has 29 heavy (non-hydrogen) atoms. The second-order valence-electron chi connectivity index (χ2n) is 8.19. The van der Waals surface area contributed by atoms with Crippen molar-refractivity contribution in [3.05, 3.63) is 57.2 Å². The van der Waals surface area contributed by atoms with Crippen molar-refractivity contribution in [2.24, 2.45) is 0 Å². The third kappa shape index (κ3) is 5.38. The Kier molecular flexibility index (Phi) is 6.56. The number of ether oxygens (including phenoxy) is 1. The number of likely N-dealkylation sites (tertiary alicyclic amines) is 1. The van der Waals surface area contributed by atoms with Gasteiger partial charge in [-0.25, -0.2) is 0 Å². The molecule has 0 bridgehead atoms. The highest BCUT2D eigenvalue weighted by atomic mass is 35.5. The number of amides is 1. The first kappa shape index (κ1) is 20.8. The minimum atomic E-state index is -0.406. The molecule has 2 fully saturated rings. The van der Waals surface area contributed by atoms with Gasteiger partial charge >= 0.3 is 0 Å². The molecule has 0 aliphatic carbocycles. The number of likely N-dealkylation sites (N-methyl/N-ethyl adjacent to an activating group) is 1. The minimum Gasteiger partial charge on any atom is -0.359 e. The fourth-order valence-electron chi connectivity index (χ4n) is 4.30. The minimum absolute atomic E-state index is 0.00656. The average Bonchev–Trinajstić information content (AvgIpc) is 3.23. The number of nitrogens with zero attached hydrogens (tertiary/aromatic N) is 2. The lowest BCUT2D eigenvalue weighted by molar-refractivity contribution is -0.182. The van der Waals surface area contributed by atoms with Crippen LogP contribution < -0.4 is 5.32 Å². The molecule has 2 saturated heterocycles. The molecule has 1 unspecified atom stereocenters. The molecule has 7 heteroatoms. The first-order valence-electron chi connectivity index (χ1n) is 10.1. The Morgan fingerprint density at radius 3 is 2.72 bits per heavy atom. The summed E-state index contributed by atoms with van der Waals surface area (Å²) in [6, 6.07) is 12.1. The second-order valence-corrected chi connectivity index (χ2v) is 9.65. The number of morpholine rings is 1. The molecule has 0 radical (unpaired) electrons. The summed E-state index contributed by atoms with van der Waals surface area (Å²) in [4.78, 5) is 18.6. The van der Waals surface area contributed by atoms with Gasteiger partial charge in [-0.2, -0.15) is 0 Å². The summed E-state index contributed by atoms with van der Waals surface area (Å²) in [7, 11) is 2.09. The third-order valence-electron chi connectivity index (χ3n) is 5.82. The summed E-state index contributed by atoms with van der Waals surface area (Å²) in [6.45, 7) is 4.97. The Hall–Kier alpha value is -1.44. The molecular weight excluding hydrogens is 406 g/mol. The van der Waals surface area contributed by atoms with E-state index >= 15 is 0 Å². The van der Waals surface area contributed by atoms with E-state index < -0.39 is 6.10 Å². The topological polar surface area (TPSA) is 44.8 Å². The van der Waals surface area contributed by atoms with Gasteiger partial charge in [0.2, 0.25) is 0 Å². The molecule has 1 aromatic carbocycles. The smallest absolute Gasteiger partial charge is 0.250 e. The summed E-state index contributed by atoms with van der Waals surface area (Å²) in [5.74, 6) is -0.00656. The number of thiophene rings is 1. The van der Waals surface area contributed by atoms with Crippen LogP contribution in [0.3, 0.4) is 0 Å². The van der Waals surface area contributed by atoms with Gasteiger partial charge in [0, 0.05) is 42.6 Å². The van der Waals surface area contributed by atoms with E-state index in [4.69, 9.17) is 16.3 Å². The van der Waals surface area contributed by atoms with Gasteiger partial charge in [-0.3, -0.25) is 9.69 Å². The monoisotopic (exact) mass is 433 g/mol. The van der Waals surface area contributed by atoms with E-state index in [0.29, 0.717) is 13.1 Å². The molecule has 2 aromatic rings. The Morgan fingerprint density at radius 1 is 1.28 bits per heavy atom. The van der Waals surface area contributed by atoms with Crippen molar-refractivity contribution in [3.63, 3.8) is 0 Å². The average molecular weight is 434 g/mol. The standard InChI is InChI=1S/C22H28ClN3O2S/c1-25-15-20(21(27)24-13-19-3-2-12-29-19)28-22(16-25)8-10-26(11-9-22)14-17-4-6-18(23)7-5-17/h2-7,12,20H,8-11,13-16H2,1H3,(H,24,27). The number of halogens is 1. The van der Waals surface area contributed by atoms with Gasteiger partial charge in [0.1, 0.15) is 6.10 Å². The van der Waals surface area contributed by atoms with Gasteiger partial charge in [0.05, 0.1) is 12.1 Å². The van der Waals surface area contributed by atoms with Gasteiger partial charge in [0.15, 0.2) is 0 Å². The predicted molar refractivity (Wildman–Crippen MR) is 117 cm³/mol. The van der Waals surface area contributed by atoms with Crippen LogP contribution in [0.5, 0.6) is 0 Å². The van der Waals surface area contributed by atoms with E-state index in [1.54, 1.807) is 11.3 Å². The summed E-state index contributed by atoms with van der Waals surface area (Å²) in [5, 5.41) is 5.84. The Morgan fingerprint density at radius 2 is 2.03 bits per heavy atom. The maximum Gasteiger partial charge on any atom is 0.250 e. The summed E-state index contributed by atoms with van der Waals surface area (Å²) in [5.41, 5.74) is 1.05. The van der Waals surface area contributed by atoms with Crippen LogP contribution in [0.4, 0.5) is 0 Å². The molecule has 156 valence electrons. The molecule has 1 atom stereocenters. The molecule has 3 heterocycles. The molecule has 0 saturated carbocycles. The van der Waals surface area contributed by atoms with Gasteiger partial charge < -0.3 is 15.0 Å². The third-order valence-corrected chi connectivity index (χ3v) is 6.95. The van der Waals surface area contributed by atoms with E-state index in [1.165, 1.54) is 5.56 Å². The van der Waals surface area contributed by atoms with Crippen molar-refractivity contribution in [1.29, 1.82) is 0 Å². The number of piperidine rings is 1. The van der Waals surface area contributed by atoms with Crippen molar-refractivity contribution in [2.45, 2.75) is 37.6 Å². The largest absolute Gasteiger partial charge is 0.359 e. The quantitative estimate of drug-likeness (QED) is 0.785.